The third-order valence-corrected chi connectivity index (χ3v) is 4.02. The molecule has 0 spiro atoms. The van der Waals surface area contributed by atoms with E-state index in [1.165, 1.54) is 0 Å². The lowest BCUT2D eigenvalue weighted by Crippen LogP contribution is -2.17. The number of ether oxygens (including phenoxy) is 3. The molecule has 1 heterocycles. The normalized spacial score (nSPS) is 12.4. The molecule has 0 fully saturated rings. The maximum atomic E-state index is 12.4. The van der Waals surface area contributed by atoms with Gasteiger partial charge in [0.25, 0.3) is 5.91 Å². The highest BCUT2D eigenvalue weighted by Crippen LogP contribution is 2.38. The van der Waals surface area contributed by atoms with E-state index in [0.717, 1.165) is 4.47 Å². The van der Waals surface area contributed by atoms with Crippen LogP contribution in [0.5, 0.6) is 17.2 Å². The lowest BCUT2D eigenvalue weighted by molar-refractivity contribution is 0.102. The van der Waals surface area contributed by atoms with Gasteiger partial charge in [0.2, 0.25) is 0 Å². The van der Waals surface area contributed by atoms with Gasteiger partial charge in [0.05, 0.1) is 5.69 Å². The molecule has 3 rings (SSSR count). The molecule has 1 aliphatic heterocycles. The average molecular weight is 390 g/mol. The van der Waals surface area contributed by atoms with Crippen molar-refractivity contribution in [3.05, 3.63) is 59.1 Å². The lowest BCUT2D eigenvalue weighted by atomic mass is 10.2. The Kier molecular flexibility index (Phi) is 5.05. The van der Waals surface area contributed by atoms with E-state index in [-0.39, 0.29) is 5.91 Å². The number of carbonyl (C=O) groups excluding carboxylic acids is 1. The largest absolute Gasteiger partial charge is 0.490 e. The van der Waals surface area contributed by atoms with Crippen LogP contribution in [0.15, 0.2) is 53.5 Å². The Bertz CT molecular complexity index is 758. The maximum Gasteiger partial charge on any atom is 0.255 e. The highest BCUT2D eigenvalue weighted by Gasteiger charge is 2.16. The summed E-state index contributed by atoms with van der Waals surface area (Å²) in [4.78, 5) is 12.4. The fraction of sp³-hybridized carbons (Fsp3) is 0.167. The summed E-state index contributed by atoms with van der Waals surface area (Å²) in [5.74, 6) is 1.75. The van der Waals surface area contributed by atoms with E-state index >= 15 is 0 Å². The molecule has 0 saturated heterocycles. The number of anilines is 1. The first-order valence-corrected chi connectivity index (χ1v) is 8.21. The van der Waals surface area contributed by atoms with Crippen LogP contribution in [0.4, 0.5) is 5.69 Å². The molecule has 0 atom stereocenters. The molecule has 1 aliphatic rings. The minimum atomic E-state index is -0.220. The van der Waals surface area contributed by atoms with Gasteiger partial charge in [-0.1, -0.05) is 12.7 Å². The van der Waals surface area contributed by atoms with Gasteiger partial charge in [-0.15, -0.1) is 0 Å². The summed E-state index contributed by atoms with van der Waals surface area (Å²) in [5, 5.41) is 2.86. The van der Waals surface area contributed by atoms with Gasteiger partial charge in [0.15, 0.2) is 11.5 Å². The molecular formula is C18H16BrNO4. The number of amides is 1. The zero-order valence-electron chi connectivity index (χ0n) is 12.9. The van der Waals surface area contributed by atoms with E-state index in [0.29, 0.717) is 48.3 Å². The number of rotatable bonds is 5. The molecule has 24 heavy (non-hydrogen) atoms. The highest BCUT2D eigenvalue weighted by molar-refractivity contribution is 9.10. The van der Waals surface area contributed by atoms with Crippen molar-refractivity contribution in [2.45, 2.75) is 0 Å². The van der Waals surface area contributed by atoms with Crippen molar-refractivity contribution in [3.8, 4) is 17.2 Å². The van der Waals surface area contributed by atoms with Crippen LogP contribution in [0.3, 0.4) is 0 Å². The fourth-order valence-corrected chi connectivity index (χ4v) is 2.63. The molecule has 2 aromatic carbocycles. The third-order valence-electron chi connectivity index (χ3n) is 3.36. The van der Waals surface area contributed by atoms with Gasteiger partial charge >= 0.3 is 0 Å². The van der Waals surface area contributed by atoms with Crippen LogP contribution < -0.4 is 19.5 Å². The van der Waals surface area contributed by atoms with E-state index in [1.54, 1.807) is 42.5 Å². The van der Waals surface area contributed by atoms with Gasteiger partial charge < -0.3 is 19.5 Å². The molecule has 1 N–H and O–H groups in total. The third kappa shape index (κ3) is 3.71. The summed E-state index contributed by atoms with van der Waals surface area (Å²) in [5.41, 5.74) is 1.15. The zero-order valence-corrected chi connectivity index (χ0v) is 14.5. The first kappa shape index (κ1) is 16.4. The topological polar surface area (TPSA) is 56.8 Å². The van der Waals surface area contributed by atoms with E-state index in [4.69, 9.17) is 14.2 Å². The molecule has 0 aromatic heterocycles. The number of benzene rings is 2. The van der Waals surface area contributed by atoms with Crippen LogP contribution in [-0.2, 0) is 0 Å². The number of halogens is 1. The van der Waals surface area contributed by atoms with Gasteiger partial charge in [-0.05, 0) is 40.2 Å². The summed E-state index contributed by atoms with van der Waals surface area (Å²) >= 11 is 3.44. The Morgan fingerprint density at radius 3 is 2.54 bits per heavy atom. The van der Waals surface area contributed by atoms with Crippen molar-refractivity contribution in [2.75, 3.05) is 25.1 Å². The monoisotopic (exact) mass is 389 g/mol. The molecular weight excluding hydrogens is 374 g/mol. The summed E-state index contributed by atoms with van der Waals surface area (Å²) in [6.45, 7) is 5.03. The Morgan fingerprint density at radius 2 is 1.88 bits per heavy atom. The SMILES string of the molecule is C=CCOc1ccc(C(=O)Nc2cc3c(cc2Br)OCCO3)cc1. The Morgan fingerprint density at radius 1 is 1.21 bits per heavy atom. The summed E-state index contributed by atoms with van der Waals surface area (Å²) < 4.78 is 17.2. The number of hydrogen-bond acceptors (Lipinski definition) is 4. The second-order valence-electron chi connectivity index (χ2n) is 5.05. The van der Waals surface area contributed by atoms with Crippen LogP contribution >= 0.6 is 15.9 Å². The molecule has 5 nitrogen and oxygen atoms in total. The Hall–Kier alpha value is -2.47. The first-order chi connectivity index (χ1) is 11.7. The number of fused-ring (bicyclic) bond motifs is 1. The molecule has 1 amide bonds. The summed E-state index contributed by atoms with van der Waals surface area (Å²) in [6, 6.07) is 10.4. The molecule has 0 unspecified atom stereocenters. The minimum absolute atomic E-state index is 0.220. The van der Waals surface area contributed by atoms with Gasteiger partial charge in [-0.25, -0.2) is 0 Å². The van der Waals surface area contributed by atoms with E-state index in [1.807, 2.05) is 0 Å². The van der Waals surface area contributed by atoms with Gasteiger partial charge in [-0.3, -0.25) is 4.79 Å². The van der Waals surface area contributed by atoms with Crippen molar-refractivity contribution in [1.29, 1.82) is 0 Å². The van der Waals surface area contributed by atoms with E-state index in [2.05, 4.69) is 27.8 Å². The van der Waals surface area contributed by atoms with Gasteiger partial charge in [0.1, 0.15) is 25.6 Å². The molecule has 0 radical (unpaired) electrons. The van der Waals surface area contributed by atoms with Crippen molar-refractivity contribution in [1.82, 2.24) is 0 Å². The second kappa shape index (κ2) is 7.40. The highest BCUT2D eigenvalue weighted by atomic mass is 79.9. The van der Waals surface area contributed by atoms with Crippen molar-refractivity contribution < 1.29 is 19.0 Å². The number of hydrogen-bond donors (Lipinski definition) is 1. The summed E-state index contributed by atoms with van der Waals surface area (Å²) in [7, 11) is 0. The minimum Gasteiger partial charge on any atom is -0.490 e. The predicted molar refractivity (Wildman–Crippen MR) is 95.2 cm³/mol. The molecule has 0 bridgehead atoms. The molecule has 124 valence electrons. The van der Waals surface area contributed by atoms with Crippen LogP contribution in [0, 0.1) is 0 Å². The van der Waals surface area contributed by atoms with Crippen molar-refractivity contribution in [3.63, 3.8) is 0 Å². The lowest BCUT2D eigenvalue weighted by Gasteiger charge is -2.20. The fourth-order valence-electron chi connectivity index (χ4n) is 2.21. The van der Waals surface area contributed by atoms with Crippen molar-refractivity contribution >= 4 is 27.5 Å². The smallest absolute Gasteiger partial charge is 0.255 e. The molecule has 2 aromatic rings. The van der Waals surface area contributed by atoms with E-state index in [9.17, 15) is 4.79 Å². The molecule has 0 aliphatic carbocycles. The van der Waals surface area contributed by atoms with Gasteiger partial charge in [-0.2, -0.15) is 0 Å². The average Bonchev–Trinajstić information content (AvgIpc) is 2.61. The quantitative estimate of drug-likeness (QED) is 0.784. The van der Waals surface area contributed by atoms with Crippen LogP contribution in [0.25, 0.3) is 0 Å². The predicted octanol–water partition coefficient (Wildman–Crippen LogP) is 4.04. The Balaban J connectivity index is 1.73. The summed E-state index contributed by atoms with van der Waals surface area (Å²) in [6.07, 6.45) is 1.67. The first-order valence-electron chi connectivity index (χ1n) is 7.41. The number of carbonyl (C=O) groups is 1. The Labute approximate surface area is 148 Å². The maximum absolute atomic E-state index is 12.4. The number of nitrogens with one attached hydrogen (secondary N) is 1. The van der Waals surface area contributed by atoms with Crippen LogP contribution in [0.2, 0.25) is 0 Å². The van der Waals surface area contributed by atoms with E-state index < -0.39 is 0 Å². The molecule has 6 heteroatoms. The van der Waals surface area contributed by atoms with Crippen LogP contribution in [-0.4, -0.2) is 25.7 Å². The second-order valence-corrected chi connectivity index (χ2v) is 5.91. The molecule has 0 saturated carbocycles. The van der Waals surface area contributed by atoms with Gasteiger partial charge in [0, 0.05) is 22.2 Å². The van der Waals surface area contributed by atoms with Crippen molar-refractivity contribution in [2.24, 2.45) is 0 Å². The zero-order chi connectivity index (χ0) is 16.9. The van der Waals surface area contributed by atoms with Crippen LogP contribution in [0.1, 0.15) is 10.4 Å². The standard InChI is InChI=1S/C18H16BrNO4/c1-2-7-22-13-5-3-12(4-6-13)18(21)20-15-11-17-16(10-14(15)19)23-8-9-24-17/h2-6,10-11H,1,7-9H2,(H,20,21).